The van der Waals surface area contributed by atoms with Gasteiger partial charge in [0, 0.05) is 31.0 Å². The fourth-order valence-electron chi connectivity index (χ4n) is 5.39. The number of aromatic amines is 1. The number of nitrogens with zero attached hydrogens (tertiary/aromatic N) is 3. The van der Waals surface area contributed by atoms with Gasteiger partial charge in [0.25, 0.3) is 0 Å². The van der Waals surface area contributed by atoms with Crippen LogP contribution in [0, 0.1) is 18.3 Å². The van der Waals surface area contributed by atoms with Crippen LogP contribution in [-0.4, -0.2) is 40.8 Å². The van der Waals surface area contributed by atoms with Gasteiger partial charge in [0.05, 0.1) is 18.6 Å². The summed E-state index contributed by atoms with van der Waals surface area (Å²) in [6.07, 6.45) is 6.09. The van der Waals surface area contributed by atoms with Crippen molar-refractivity contribution < 1.29 is 21.6 Å². The Balaban J connectivity index is 1.63. The fraction of sp³-hybridized carbons (Fsp3) is 0.550. The van der Waals surface area contributed by atoms with Crippen molar-refractivity contribution in [1.82, 2.24) is 14.3 Å². The number of aryl methyl sites for hydroxylation is 1. The summed E-state index contributed by atoms with van der Waals surface area (Å²) in [5.74, 6) is 0.618. The summed E-state index contributed by atoms with van der Waals surface area (Å²) in [5.41, 5.74) is -2.34. The number of fused-ring (bicyclic) bond motifs is 1. The largest absolute Gasteiger partial charge is 0.511 e. The lowest BCUT2D eigenvalue weighted by Gasteiger charge is -2.67. The van der Waals surface area contributed by atoms with Gasteiger partial charge >= 0.3 is 15.5 Å². The molecular weight excluding hydrogens is 417 g/mol. The third-order valence-electron chi connectivity index (χ3n) is 6.96. The highest BCUT2D eigenvalue weighted by molar-refractivity contribution is 7.89. The molecule has 0 amide bonds. The highest BCUT2D eigenvalue weighted by atomic mass is 32.2. The first kappa shape index (κ1) is 19.9. The molecule has 1 aliphatic heterocycles. The van der Waals surface area contributed by atoms with Crippen molar-refractivity contribution in [3.63, 3.8) is 0 Å². The quantitative estimate of drug-likeness (QED) is 0.790. The van der Waals surface area contributed by atoms with Gasteiger partial charge in [-0.25, -0.2) is 13.4 Å². The number of alkyl halides is 3. The number of aromatic nitrogens is 2. The number of hydrogen-bond donors (Lipinski definition) is 1. The molecule has 30 heavy (non-hydrogen) atoms. The Morgan fingerprint density at radius 1 is 1.27 bits per heavy atom. The minimum atomic E-state index is -5.44. The van der Waals surface area contributed by atoms with E-state index in [1.807, 2.05) is 19.1 Å². The molecule has 6 nitrogen and oxygen atoms in total. The summed E-state index contributed by atoms with van der Waals surface area (Å²) in [5, 5.41) is 0. The van der Waals surface area contributed by atoms with Gasteiger partial charge < -0.3 is 9.88 Å². The second kappa shape index (κ2) is 6.46. The van der Waals surface area contributed by atoms with Crippen LogP contribution >= 0.6 is 0 Å². The molecule has 0 unspecified atom stereocenters. The normalized spacial score (nSPS) is 29.0. The van der Waals surface area contributed by atoms with Gasteiger partial charge in [-0.1, -0.05) is 17.7 Å². The van der Waals surface area contributed by atoms with E-state index in [1.165, 1.54) is 0 Å². The zero-order valence-corrected chi connectivity index (χ0v) is 17.3. The molecule has 10 heteroatoms. The third-order valence-corrected chi connectivity index (χ3v) is 8.51. The van der Waals surface area contributed by atoms with Crippen molar-refractivity contribution in [3.8, 4) is 0 Å². The second-order valence-electron chi connectivity index (χ2n) is 8.94. The SMILES string of the molecule is Cc1ccc2c(c1)CN(S(=O)(=O)C(F)(F)F)C[C@H](C13CC(C1)C3)N2Cc1cnc[nH]1. The van der Waals surface area contributed by atoms with Gasteiger partial charge in [-0.15, -0.1) is 0 Å². The van der Waals surface area contributed by atoms with Crippen LogP contribution in [0.15, 0.2) is 30.7 Å². The van der Waals surface area contributed by atoms with Crippen LogP contribution in [0.1, 0.15) is 36.1 Å². The zero-order chi connectivity index (χ0) is 21.3. The minimum Gasteiger partial charge on any atom is -0.361 e. The number of hydrogen-bond acceptors (Lipinski definition) is 4. The van der Waals surface area contributed by atoms with E-state index >= 15 is 0 Å². The molecule has 1 atom stereocenters. The lowest BCUT2D eigenvalue weighted by molar-refractivity contribution is -0.129. The molecule has 1 aromatic carbocycles. The Labute approximate surface area is 173 Å². The number of benzene rings is 1. The van der Waals surface area contributed by atoms with E-state index in [-0.39, 0.29) is 24.5 Å². The second-order valence-corrected chi connectivity index (χ2v) is 10.9. The van der Waals surface area contributed by atoms with Gasteiger partial charge in [-0.05, 0) is 49.1 Å². The van der Waals surface area contributed by atoms with Gasteiger partial charge in [-0.3, -0.25) is 0 Å². The number of imidazole rings is 1. The molecular formula is C20H23F3N4O2S. The van der Waals surface area contributed by atoms with Crippen molar-refractivity contribution in [2.75, 3.05) is 11.4 Å². The first-order chi connectivity index (χ1) is 14.1. The monoisotopic (exact) mass is 440 g/mol. The van der Waals surface area contributed by atoms with E-state index in [4.69, 9.17) is 0 Å². The van der Waals surface area contributed by atoms with Crippen molar-refractivity contribution in [2.45, 2.75) is 50.8 Å². The Hall–Kier alpha value is -2.07. The topological polar surface area (TPSA) is 69.3 Å². The van der Waals surface area contributed by atoms with E-state index in [0.717, 1.165) is 36.2 Å². The van der Waals surface area contributed by atoms with Crippen LogP contribution in [0.4, 0.5) is 18.9 Å². The molecule has 1 aromatic heterocycles. The van der Waals surface area contributed by atoms with Gasteiger partial charge in [-0.2, -0.15) is 17.5 Å². The van der Waals surface area contributed by atoms with Crippen LogP contribution in [0.5, 0.6) is 0 Å². The molecule has 6 rings (SSSR count). The summed E-state index contributed by atoms with van der Waals surface area (Å²) >= 11 is 0. The molecule has 3 aliphatic carbocycles. The summed E-state index contributed by atoms with van der Waals surface area (Å²) in [7, 11) is -5.44. The van der Waals surface area contributed by atoms with Crippen molar-refractivity contribution in [2.24, 2.45) is 11.3 Å². The predicted octanol–water partition coefficient (Wildman–Crippen LogP) is 3.56. The average Bonchev–Trinajstić information content (AvgIpc) is 3.03. The molecule has 3 fully saturated rings. The lowest BCUT2D eigenvalue weighted by Crippen LogP contribution is -2.66. The smallest absolute Gasteiger partial charge is 0.361 e. The lowest BCUT2D eigenvalue weighted by atomic mass is 9.41. The summed E-state index contributed by atoms with van der Waals surface area (Å²) in [6.45, 7) is 1.84. The van der Waals surface area contributed by atoms with Crippen molar-refractivity contribution >= 4 is 15.7 Å². The number of H-pyrrole nitrogens is 1. The number of sulfonamides is 1. The number of halogens is 3. The van der Waals surface area contributed by atoms with Crippen LogP contribution in [0.3, 0.4) is 0 Å². The summed E-state index contributed by atoms with van der Waals surface area (Å²) < 4.78 is 66.0. The first-order valence-corrected chi connectivity index (χ1v) is 11.4. The highest BCUT2D eigenvalue weighted by Gasteiger charge is 2.63. The molecule has 3 saturated carbocycles. The number of rotatable bonds is 4. The fourth-order valence-corrected chi connectivity index (χ4v) is 6.33. The van der Waals surface area contributed by atoms with Crippen LogP contribution in [0.25, 0.3) is 0 Å². The highest BCUT2D eigenvalue weighted by Crippen LogP contribution is 2.67. The minimum absolute atomic E-state index is 0.128. The standard InChI is InChI=1S/C20H23F3N4O2S/c1-13-2-3-17-15(4-13)9-26(30(28,29)20(21,22)23)11-18(19-5-14(6-19)7-19)27(17)10-16-8-24-12-25-16/h2-4,8,12,14,18H,5-7,9-11H2,1H3,(H,24,25)/t14?,18-,19?/m1/s1. The molecule has 2 bridgehead atoms. The summed E-state index contributed by atoms with van der Waals surface area (Å²) in [6, 6.07) is 5.29. The molecule has 2 heterocycles. The molecule has 1 N–H and O–H groups in total. The molecule has 2 aromatic rings. The predicted molar refractivity (Wildman–Crippen MR) is 105 cm³/mol. The number of anilines is 1. The van der Waals surface area contributed by atoms with E-state index in [2.05, 4.69) is 14.9 Å². The molecule has 0 saturated heterocycles. The Bertz CT molecular complexity index is 1050. The maximum Gasteiger partial charge on any atom is 0.511 e. The average molecular weight is 440 g/mol. The first-order valence-electron chi connectivity index (χ1n) is 9.99. The van der Waals surface area contributed by atoms with Crippen molar-refractivity contribution in [3.05, 3.63) is 47.5 Å². The van der Waals surface area contributed by atoms with E-state index in [1.54, 1.807) is 18.6 Å². The van der Waals surface area contributed by atoms with E-state index in [9.17, 15) is 21.6 Å². The van der Waals surface area contributed by atoms with Crippen LogP contribution in [-0.2, 0) is 23.1 Å². The van der Waals surface area contributed by atoms with E-state index < -0.39 is 15.5 Å². The molecule has 162 valence electrons. The molecule has 0 radical (unpaired) electrons. The van der Waals surface area contributed by atoms with Gasteiger partial charge in [0.15, 0.2) is 0 Å². The Morgan fingerprint density at radius 3 is 2.57 bits per heavy atom. The molecule has 4 aliphatic rings. The molecule has 0 spiro atoms. The van der Waals surface area contributed by atoms with Crippen LogP contribution < -0.4 is 4.90 Å². The third kappa shape index (κ3) is 2.95. The maximum atomic E-state index is 13.5. The van der Waals surface area contributed by atoms with Gasteiger partial charge in [0.2, 0.25) is 0 Å². The van der Waals surface area contributed by atoms with E-state index in [0.29, 0.717) is 22.3 Å². The summed E-state index contributed by atoms with van der Waals surface area (Å²) in [4.78, 5) is 9.23. The van der Waals surface area contributed by atoms with Gasteiger partial charge in [0.1, 0.15) is 0 Å². The number of nitrogens with one attached hydrogen (secondary N) is 1. The zero-order valence-electron chi connectivity index (χ0n) is 16.5. The van der Waals surface area contributed by atoms with Crippen molar-refractivity contribution in [1.29, 1.82) is 0 Å². The Morgan fingerprint density at radius 2 is 2.00 bits per heavy atom. The Kier molecular flexibility index (Phi) is 4.28. The maximum absolute atomic E-state index is 13.5. The van der Waals surface area contributed by atoms with Crippen LogP contribution in [0.2, 0.25) is 0 Å².